The van der Waals surface area contributed by atoms with E-state index >= 15 is 0 Å². The van der Waals surface area contributed by atoms with Crippen LogP contribution in [0.5, 0.6) is 0 Å². The summed E-state index contributed by atoms with van der Waals surface area (Å²) in [7, 11) is 0. The van der Waals surface area contributed by atoms with E-state index in [1.54, 1.807) is 0 Å². The van der Waals surface area contributed by atoms with Gasteiger partial charge in [-0.05, 0) is 12.5 Å². The molecular weight excluding hydrogens is 146 g/mol. The van der Waals surface area contributed by atoms with Crippen LogP contribution in [0.2, 0.25) is 0 Å². The first-order valence-corrected chi connectivity index (χ1v) is 4.47. The van der Waals surface area contributed by atoms with Gasteiger partial charge in [-0.2, -0.15) is 0 Å². The standard InChI is InChI=1S/C11H17N.H2/c1-9(2)12-8-11-6-4-10(3)5-7-11;/h4-7,9,12H,8H2,1-3H3;1H. The molecule has 0 spiro atoms. The van der Waals surface area contributed by atoms with E-state index in [4.69, 9.17) is 0 Å². The zero-order valence-electron chi connectivity index (χ0n) is 8.09. The van der Waals surface area contributed by atoms with Gasteiger partial charge in [0.25, 0.3) is 0 Å². The van der Waals surface area contributed by atoms with Crippen molar-refractivity contribution in [2.24, 2.45) is 0 Å². The summed E-state index contributed by atoms with van der Waals surface area (Å²) in [5.41, 5.74) is 2.68. The molecule has 0 aliphatic heterocycles. The molecule has 1 aromatic carbocycles. The van der Waals surface area contributed by atoms with Crippen LogP contribution in [0, 0.1) is 6.92 Å². The van der Waals surface area contributed by atoms with Crippen molar-refractivity contribution in [1.29, 1.82) is 0 Å². The van der Waals surface area contributed by atoms with Crippen molar-refractivity contribution in [2.45, 2.75) is 33.4 Å². The van der Waals surface area contributed by atoms with Crippen molar-refractivity contribution in [2.75, 3.05) is 0 Å². The molecule has 0 aromatic heterocycles. The molecule has 0 radical (unpaired) electrons. The van der Waals surface area contributed by atoms with Crippen molar-refractivity contribution in [1.82, 2.24) is 5.32 Å². The molecule has 12 heavy (non-hydrogen) atoms. The Morgan fingerprint density at radius 3 is 2.33 bits per heavy atom. The first-order chi connectivity index (χ1) is 5.68. The molecule has 1 rings (SSSR count). The second kappa shape index (κ2) is 4.27. The third-order valence-corrected chi connectivity index (χ3v) is 1.84. The zero-order valence-corrected chi connectivity index (χ0v) is 8.09. The van der Waals surface area contributed by atoms with Crippen LogP contribution in [0.25, 0.3) is 0 Å². The lowest BCUT2D eigenvalue weighted by atomic mass is 10.1. The van der Waals surface area contributed by atoms with Gasteiger partial charge in [-0.3, -0.25) is 0 Å². The van der Waals surface area contributed by atoms with Crippen LogP contribution in [-0.2, 0) is 6.54 Å². The number of aryl methyl sites for hydroxylation is 1. The number of hydrogen-bond donors (Lipinski definition) is 1. The molecule has 0 aliphatic rings. The van der Waals surface area contributed by atoms with Crippen molar-refractivity contribution in [3.63, 3.8) is 0 Å². The summed E-state index contributed by atoms with van der Waals surface area (Å²) >= 11 is 0. The van der Waals surface area contributed by atoms with Crippen molar-refractivity contribution in [3.8, 4) is 0 Å². The Labute approximate surface area is 76.3 Å². The quantitative estimate of drug-likeness (QED) is 0.726. The molecule has 0 heterocycles. The lowest BCUT2D eigenvalue weighted by molar-refractivity contribution is 0.589. The van der Waals surface area contributed by atoms with E-state index in [2.05, 4.69) is 50.4 Å². The minimum Gasteiger partial charge on any atom is -0.310 e. The van der Waals surface area contributed by atoms with Gasteiger partial charge in [0.2, 0.25) is 0 Å². The highest BCUT2D eigenvalue weighted by atomic mass is 14.9. The molecule has 0 bridgehead atoms. The third kappa shape index (κ3) is 3.05. The highest BCUT2D eigenvalue weighted by molar-refractivity contribution is 5.21. The van der Waals surface area contributed by atoms with Gasteiger partial charge in [-0.15, -0.1) is 0 Å². The van der Waals surface area contributed by atoms with Crippen molar-refractivity contribution in [3.05, 3.63) is 35.4 Å². The fourth-order valence-corrected chi connectivity index (χ4v) is 1.03. The third-order valence-electron chi connectivity index (χ3n) is 1.84. The maximum absolute atomic E-state index is 3.38. The van der Waals surface area contributed by atoms with E-state index in [-0.39, 0.29) is 1.43 Å². The van der Waals surface area contributed by atoms with E-state index in [9.17, 15) is 0 Å². The van der Waals surface area contributed by atoms with E-state index in [0.29, 0.717) is 6.04 Å². The minimum absolute atomic E-state index is 0. The van der Waals surface area contributed by atoms with Crippen molar-refractivity contribution < 1.29 is 1.43 Å². The monoisotopic (exact) mass is 165 g/mol. The Bertz CT molecular complexity index is 228. The average Bonchev–Trinajstić information content (AvgIpc) is 2.03. The van der Waals surface area contributed by atoms with Crippen LogP contribution >= 0.6 is 0 Å². The highest BCUT2D eigenvalue weighted by Gasteiger charge is 1.93. The molecule has 0 saturated carbocycles. The van der Waals surface area contributed by atoms with Gasteiger partial charge in [0.1, 0.15) is 0 Å². The van der Waals surface area contributed by atoms with Gasteiger partial charge in [0.15, 0.2) is 0 Å². The van der Waals surface area contributed by atoms with Gasteiger partial charge in [0, 0.05) is 14.0 Å². The van der Waals surface area contributed by atoms with Crippen LogP contribution in [0.3, 0.4) is 0 Å². The summed E-state index contributed by atoms with van der Waals surface area (Å²) in [5.74, 6) is 0. The van der Waals surface area contributed by atoms with Crippen LogP contribution in [0.4, 0.5) is 0 Å². The van der Waals surface area contributed by atoms with E-state index in [1.165, 1.54) is 11.1 Å². The fourth-order valence-electron chi connectivity index (χ4n) is 1.03. The average molecular weight is 165 g/mol. The summed E-state index contributed by atoms with van der Waals surface area (Å²) in [6, 6.07) is 9.20. The first-order valence-electron chi connectivity index (χ1n) is 4.47. The Kier molecular flexibility index (Phi) is 3.30. The Morgan fingerprint density at radius 2 is 1.83 bits per heavy atom. The van der Waals surface area contributed by atoms with Gasteiger partial charge in [-0.25, -0.2) is 0 Å². The van der Waals surface area contributed by atoms with Gasteiger partial charge < -0.3 is 5.32 Å². The maximum Gasteiger partial charge on any atom is 0.0207 e. The first kappa shape index (κ1) is 9.27. The summed E-state index contributed by atoms with van der Waals surface area (Å²) < 4.78 is 0. The predicted octanol–water partition coefficient (Wildman–Crippen LogP) is 2.74. The topological polar surface area (TPSA) is 12.0 Å². The number of hydrogen-bond acceptors (Lipinski definition) is 1. The van der Waals surface area contributed by atoms with Crippen molar-refractivity contribution >= 4 is 0 Å². The van der Waals surface area contributed by atoms with Gasteiger partial charge in [0.05, 0.1) is 0 Å². The Morgan fingerprint density at radius 1 is 1.25 bits per heavy atom. The molecule has 1 aromatic rings. The lowest BCUT2D eigenvalue weighted by Gasteiger charge is -2.07. The van der Waals surface area contributed by atoms with E-state index < -0.39 is 0 Å². The summed E-state index contributed by atoms with van der Waals surface area (Å²) in [4.78, 5) is 0. The predicted molar refractivity (Wildman–Crippen MR) is 55.3 cm³/mol. The number of benzene rings is 1. The number of nitrogens with one attached hydrogen (secondary N) is 1. The number of rotatable bonds is 3. The van der Waals surface area contributed by atoms with E-state index in [1.807, 2.05) is 0 Å². The molecule has 0 atom stereocenters. The zero-order chi connectivity index (χ0) is 8.97. The van der Waals surface area contributed by atoms with E-state index in [0.717, 1.165) is 6.54 Å². The Hall–Kier alpha value is -0.820. The van der Waals surface area contributed by atoms with Gasteiger partial charge >= 0.3 is 0 Å². The maximum atomic E-state index is 3.38. The molecule has 1 nitrogen and oxygen atoms in total. The summed E-state index contributed by atoms with van der Waals surface area (Å²) in [5, 5.41) is 3.38. The molecule has 0 amide bonds. The van der Waals surface area contributed by atoms with Gasteiger partial charge in [-0.1, -0.05) is 43.7 Å². The Balaban J connectivity index is 0.00000144. The minimum atomic E-state index is 0. The smallest absolute Gasteiger partial charge is 0.0207 e. The molecule has 0 unspecified atom stereocenters. The molecule has 0 fully saturated rings. The molecule has 68 valence electrons. The summed E-state index contributed by atoms with van der Waals surface area (Å²) in [6.45, 7) is 7.40. The molecule has 1 N–H and O–H groups in total. The second-order valence-electron chi connectivity index (χ2n) is 3.52. The normalized spacial score (nSPS) is 10.7. The molecule has 0 aliphatic carbocycles. The SMILES string of the molecule is Cc1ccc(CNC(C)C)cc1.[HH]. The molecular formula is C11H19N. The second-order valence-corrected chi connectivity index (χ2v) is 3.52. The van der Waals surface area contributed by atoms with Crippen LogP contribution in [-0.4, -0.2) is 6.04 Å². The van der Waals surface area contributed by atoms with Crippen LogP contribution in [0.1, 0.15) is 26.4 Å². The largest absolute Gasteiger partial charge is 0.310 e. The lowest BCUT2D eigenvalue weighted by Crippen LogP contribution is -2.21. The molecule has 0 saturated heterocycles. The highest BCUT2D eigenvalue weighted by Crippen LogP contribution is 2.02. The van der Waals surface area contributed by atoms with Crippen LogP contribution < -0.4 is 5.32 Å². The molecule has 1 heteroatoms. The summed E-state index contributed by atoms with van der Waals surface area (Å²) in [6.07, 6.45) is 0. The fraction of sp³-hybridized carbons (Fsp3) is 0.455. The van der Waals surface area contributed by atoms with Crippen LogP contribution in [0.15, 0.2) is 24.3 Å².